The number of nitrogens with one attached hydrogen (secondary N) is 1. The van der Waals surface area contributed by atoms with E-state index < -0.39 is 6.04 Å². The number of rotatable bonds is 11. The van der Waals surface area contributed by atoms with Crippen LogP contribution in [0.5, 0.6) is 23.0 Å². The summed E-state index contributed by atoms with van der Waals surface area (Å²) in [5.41, 5.74) is 11.5. The number of ether oxygens (including phenoxy) is 4. The molecular weight excluding hydrogens is 570 g/mol. The van der Waals surface area contributed by atoms with Crippen molar-refractivity contribution in [1.82, 2.24) is 4.98 Å². The smallest absolute Gasteiger partial charge is 0.323 e. The summed E-state index contributed by atoms with van der Waals surface area (Å²) < 4.78 is 23.3. The zero-order valence-electron chi connectivity index (χ0n) is 25.5. The number of aromatic nitrogens is 1. The molecule has 6 rings (SSSR count). The molecule has 45 heavy (non-hydrogen) atoms. The molecule has 0 unspecified atom stereocenters. The Hall–Kier alpha value is -4.89. The zero-order chi connectivity index (χ0) is 31.3. The van der Waals surface area contributed by atoms with Crippen molar-refractivity contribution in [3.63, 3.8) is 0 Å². The highest BCUT2D eigenvalue weighted by atomic mass is 16.5. The minimum atomic E-state index is -0.754. The maximum atomic E-state index is 13.0. The van der Waals surface area contributed by atoms with Crippen LogP contribution in [0.3, 0.4) is 0 Å². The van der Waals surface area contributed by atoms with Gasteiger partial charge >= 0.3 is 5.97 Å². The van der Waals surface area contributed by atoms with Gasteiger partial charge in [-0.05, 0) is 85.7 Å². The van der Waals surface area contributed by atoms with Crippen molar-refractivity contribution in [1.29, 1.82) is 0 Å². The van der Waals surface area contributed by atoms with Gasteiger partial charge in [0, 0.05) is 41.8 Å². The van der Waals surface area contributed by atoms with E-state index >= 15 is 0 Å². The molecule has 1 amide bonds. The number of benzene rings is 3. The standard InChI is InChI=1S/C36H37N3O6/c1-22-27-10-6-3-7-23(27)19-28(22)35(40)39-24-11-13-26(14-12-24)44-32-15-17-38-31-21-34(33(42-2)20-29(31)32)43-18-16-30(37)36(41)45-25-8-4-5-9-25/h3,6-7,10-15,17,20-21,25,30H,4-5,8-9,16,18-19,37H2,1-2H3,(H,39,40)/t30-/m0/s1. The van der Waals surface area contributed by atoms with Gasteiger partial charge in [-0.2, -0.15) is 0 Å². The number of amides is 1. The normalized spacial score (nSPS) is 15.1. The first-order valence-electron chi connectivity index (χ1n) is 15.3. The minimum absolute atomic E-state index is 0.0193. The average molecular weight is 608 g/mol. The number of hydrogen-bond donors (Lipinski definition) is 2. The molecule has 4 aromatic rings. The van der Waals surface area contributed by atoms with E-state index in [1.165, 1.54) is 5.56 Å². The Morgan fingerprint density at radius 1 is 1.00 bits per heavy atom. The van der Waals surface area contributed by atoms with Crippen LogP contribution in [-0.2, 0) is 20.7 Å². The average Bonchev–Trinajstić information content (AvgIpc) is 3.69. The van der Waals surface area contributed by atoms with Gasteiger partial charge in [0.2, 0.25) is 0 Å². The predicted octanol–water partition coefficient (Wildman–Crippen LogP) is 6.59. The third-order valence-corrected chi connectivity index (χ3v) is 8.42. The van der Waals surface area contributed by atoms with Crippen molar-refractivity contribution in [3.8, 4) is 23.0 Å². The molecule has 0 spiro atoms. The van der Waals surface area contributed by atoms with E-state index in [4.69, 9.17) is 24.7 Å². The van der Waals surface area contributed by atoms with Crippen LogP contribution in [0.4, 0.5) is 5.69 Å². The number of nitrogens with two attached hydrogens (primary N) is 1. The molecule has 9 heteroatoms. The second-order valence-corrected chi connectivity index (χ2v) is 11.4. The quantitative estimate of drug-likeness (QED) is 0.183. The van der Waals surface area contributed by atoms with E-state index in [2.05, 4.69) is 22.4 Å². The number of carbonyl (C=O) groups is 2. The molecule has 1 fully saturated rings. The van der Waals surface area contributed by atoms with Crippen LogP contribution in [0.1, 0.15) is 50.2 Å². The second kappa shape index (κ2) is 13.4. The van der Waals surface area contributed by atoms with Crippen LogP contribution in [0, 0.1) is 0 Å². The summed E-state index contributed by atoms with van der Waals surface area (Å²) in [5, 5.41) is 3.75. The summed E-state index contributed by atoms with van der Waals surface area (Å²) in [6.07, 6.45) is 6.55. The number of fused-ring (bicyclic) bond motifs is 2. The van der Waals surface area contributed by atoms with Crippen molar-refractivity contribution in [2.75, 3.05) is 19.0 Å². The van der Waals surface area contributed by atoms with E-state index in [1.54, 1.807) is 25.4 Å². The van der Waals surface area contributed by atoms with Crippen LogP contribution in [0.2, 0.25) is 0 Å². The number of allylic oxidation sites excluding steroid dienone is 1. The molecule has 0 aliphatic heterocycles. The summed E-state index contributed by atoms with van der Waals surface area (Å²) in [6.45, 7) is 2.21. The van der Waals surface area contributed by atoms with Gasteiger partial charge in [0.05, 0.1) is 19.2 Å². The fourth-order valence-corrected chi connectivity index (χ4v) is 5.88. The fourth-order valence-electron chi connectivity index (χ4n) is 5.88. The summed E-state index contributed by atoms with van der Waals surface area (Å²) in [7, 11) is 1.56. The molecule has 9 nitrogen and oxygen atoms in total. The number of esters is 1. The molecule has 0 radical (unpaired) electrons. The number of anilines is 1. The number of hydrogen-bond acceptors (Lipinski definition) is 8. The maximum absolute atomic E-state index is 13.0. The lowest BCUT2D eigenvalue weighted by molar-refractivity contribution is -0.150. The van der Waals surface area contributed by atoms with Gasteiger partial charge in [-0.3, -0.25) is 14.6 Å². The fraction of sp³-hybridized carbons (Fsp3) is 0.306. The van der Waals surface area contributed by atoms with Gasteiger partial charge < -0.3 is 30.0 Å². The Morgan fingerprint density at radius 2 is 1.78 bits per heavy atom. The predicted molar refractivity (Wildman–Crippen MR) is 173 cm³/mol. The lowest BCUT2D eigenvalue weighted by Gasteiger charge is -2.17. The van der Waals surface area contributed by atoms with E-state index in [0.29, 0.717) is 47.0 Å². The molecule has 0 bridgehead atoms. The zero-order valence-corrected chi connectivity index (χ0v) is 25.5. The van der Waals surface area contributed by atoms with Crippen molar-refractivity contribution in [2.24, 2.45) is 5.73 Å². The molecule has 232 valence electrons. The summed E-state index contributed by atoms with van der Waals surface area (Å²) in [6, 6.07) is 20.0. The SMILES string of the molecule is COc1cc2c(Oc3ccc(NC(=O)C4=C(C)c5ccccc5C4)cc3)ccnc2cc1OCC[C@H](N)C(=O)OC1CCCC1. The molecule has 1 atom stereocenters. The molecule has 2 aliphatic carbocycles. The van der Waals surface area contributed by atoms with E-state index in [1.807, 2.05) is 49.4 Å². The maximum Gasteiger partial charge on any atom is 0.323 e. The minimum Gasteiger partial charge on any atom is -0.493 e. The monoisotopic (exact) mass is 607 g/mol. The molecule has 3 N–H and O–H groups in total. The van der Waals surface area contributed by atoms with Gasteiger partial charge in [-0.15, -0.1) is 0 Å². The number of pyridine rings is 1. The van der Waals surface area contributed by atoms with Crippen LogP contribution in [0.25, 0.3) is 16.5 Å². The van der Waals surface area contributed by atoms with Crippen LogP contribution < -0.4 is 25.3 Å². The first-order valence-corrected chi connectivity index (χ1v) is 15.3. The van der Waals surface area contributed by atoms with Gasteiger partial charge in [0.25, 0.3) is 5.91 Å². The topological polar surface area (TPSA) is 122 Å². The van der Waals surface area contributed by atoms with Crippen LogP contribution in [0.15, 0.2) is 78.5 Å². The Balaban J connectivity index is 1.09. The number of nitrogens with zero attached hydrogens (tertiary/aromatic N) is 1. The summed E-state index contributed by atoms with van der Waals surface area (Å²) in [5.74, 6) is 1.68. The summed E-state index contributed by atoms with van der Waals surface area (Å²) in [4.78, 5) is 29.9. The number of methoxy groups -OCH3 is 1. The lowest BCUT2D eigenvalue weighted by Crippen LogP contribution is -2.35. The van der Waals surface area contributed by atoms with E-state index in [-0.39, 0.29) is 24.6 Å². The molecule has 1 aromatic heterocycles. The Bertz CT molecular complexity index is 1740. The van der Waals surface area contributed by atoms with Crippen molar-refractivity contribution >= 4 is 34.0 Å². The molecule has 1 heterocycles. The van der Waals surface area contributed by atoms with Crippen molar-refractivity contribution in [2.45, 2.75) is 57.6 Å². The van der Waals surface area contributed by atoms with Crippen molar-refractivity contribution in [3.05, 3.63) is 89.6 Å². The van der Waals surface area contributed by atoms with Gasteiger partial charge in [-0.1, -0.05) is 24.3 Å². The number of carbonyl (C=O) groups excluding carboxylic acids is 2. The van der Waals surface area contributed by atoms with Crippen molar-refractivity contribution < 1.29 is 28.5 Å². The molecule has 2 aliphatic rings. The highest BCUT2D eigenvalue weighted by Crippen LogP contribution is 2.38. The first-order chi connectivity index (χ1) is 21.9. The molecule has 3 aromatic carbocycles. The molecular formula is C36H37N3O6. The van der Waals surface area contributed by atoms with Gasteiger partial charge in [0.15, 0.2) is 11.5 Å². The lowest BCUT2D eigenvalue weighted by atomic mass is 10.1. The van der Waals surface area contributed by atoms with Crippen LogP contribution >= 0.6 is 0 Å². The Labute approximate surface area is 262 Å². The Kier molecular flexibility index (Phi) is 8.98. The first kappa shape index (κ1) is 30.1. The second-order valence-electron chi connectivity index (χ2n) is 11.4. The van der Waals surface area contributed by atoms with Gasteiger partial charge in [-0.25, -0.2) is 0 Å². The third-order valence-electron chi connectivity index (χ3n) is 8.42. The Morgan fingerprint density at radius 3 is 2.53 bits per heavy atom. The van der Waals surface area contributed by atoms with Gasteiger partial charge in [0.1, 0.15) is 23.6 Å². The van der Waals surface area contributed by atoms with E-state index in [9.17, 15) is 9.59 Å². The van der Waals surface area contributed by atoms with Crippen LogP contribution in [-0.4, -0.2) is 42.7 Å². The summed E-state index contributed by atoms with van der Waals surface area (Å²) >= 11 is 0. The molecule has 0 saturated heterocycles. The van der Waals surface area contributed by atoms with E-state index in [0.717, 1.165) is 47.8 Å². The highest BCUT2D eigenvalue weighted by molar-refractivity contribution is 6.10. The third kappa shape index (κ3) is 6.78. The largest absolute Gasteiger partial charge is 0.493 e. The molecule has 1 saturated carbocycles. The highest BCUT2D eigenvalue weighted by Gasteiger charge is 2.24.